The molecule has 0 fully saturated rings. The lowest BCUT2D eigenvalue weighted by molar-refractivity contribution is 1.17. The maximum absolute atomic E-state index is 10.4. The molecule has 226 valence electrons. The third-order valence-corrected chi connectivity index (χ3v) is 9.66. The minimum Gasteiger partial charge on any atom is -0.308 e. The van der Waals surface area contributed by atoms with Crippen molar-refractivity contribution in [3.63, 3.8) is 0 Å². The number of rotatable bonds is 4. The van der Waals surface area contributed by atoms with Gasteiger partial charge in [-0.15, -0.1) is 0 Å². The summed E-state index contributed by atoms with van der Waals surface area (Å²) in [5.74, 6) is 0. The van der Waals surface area contributed by atoms with Gasteiger partial charge in [0.05, 0.1) is 33.9 Å². The Balaban J connectivity index is 1.37. The lowest BCUT2D eigenvalue weighted by atomic mass is 9.83. The highest BCUT2D eigenvalue weighted by molar-refractivity contribution is 6.22. The average Bonchev–Trinajstić information content (AvgIpc) is 3.51. The first-order valence-electron chi connectivity index (χ1n) is 16.3. The van der Waals surface area contributed by atoms with Crippen LogP contribution >= 0.6 is 0 Å². The molecule has 9 aromatic rings. The maximum Gasteiger partial charge on any atom is 0.101 e. The second-order valence-corrected chi connectivity index (χ2v) is 12.3. The number of hydrogen-bond acceptors (Lipinski definition) is 2. The molecule has 0 atom stereocenters. The van der Waals surface area contributed by atoms with Crippen LogP contribution in [0.1, 0.15) is 11.1 Å². The molecular weight excluding hydrogens is 595 g/mol. The second kappa shape index (κ2) is 11.4. The molecule has 0 saturated heterocycles. The summed E-state index contributed by atoms with van der Waals surface area (Å²) in [5, 5.41) is 27.3. The summed E-state index contributed by atoms with van der Waals surface area (Å²) in [4.78, 5) is 0. The molecule has 0 N–H and O–H groups in total. The zero-order valence-electron chi connectivity index (χ0n) is 26.4. The van der Waals surface area contributed by atoms with Gasteiger partial charge in [-0.05, 0) is 91.3 Å². The van der Waals surface area contributed by atoms with E-state index in [9.17, 15) is 10.5 Å². The molecule has 0 radical (unpaired) electrons. The fourth-order valence-corrected chi connectivity index (χ4v) is 7.57. The summed E-state index contributed by atoms with van der Waals surface area (Å²) in [7, 11) is 0. The standard InChI is InChI=1S/C46H27N3/c47-28-30-22-25-34(32-23-24-33(29-48)44(27-32)49-42-20-10-8-14-35(42)36-15-9-11-21-43(36)49)41(26-30)46-39-18-6-4-16-37(39)45(31-12-2-1-3-13-31)38-17-5-7-19-40(38)46/h1-27H. The van der Waals surface area contributed by atoms with Crippen molar-refractivity contribution in [2.24, 2.45) is 0 Å². The Labute approximate surface area is 283 Å². The summed E-state index contributed by atoms with van der Waals surface area (Å²) < 4.78 is 2.20. The van der Waals surface area contributed by atoms with E-state index in [-0.39, 0.29) is 0 Å². The van der Waals surface area contributed by atoms with Gasteiger partial charge in [-0.25, -0.2) is 0 Å². The van der Waals surface area contributed by atoms with E-state index >= 15 is 0 Å². The van der Waals surface area contributed by atoms with Crippen LogP contribution in [0, 0.1) is 22.7 Å². The van der Waals surface area contributed by atoms with Gasteiger partial charge in [0.25, 0.3) is 0 Å². The SMILES string of the molecule is N#Cc1ccc(-c2ccc(C#N)c(-n3c4ccccc4c4ccccc43)c2)c(-c2c3ccccc3c(-c3ccccc3)c3ccccc23)c1. The van der Waals surface area contributed by atoms with Crippen LogP contribution in [0.3, 0.4) is 0 Å². The van der Waals surface area contributed by atoms with E-state index in [0.29, 0.717) is 11.1 Å². The largest absolute Gasteiger partial charge is 0.308 e. The summed E-state index contributed by atoms with van der Waals surface area (Å²) in [5.41, 5.74) is 10.5. The molecule has 0 unspecified atom stereocenters. The van der Waals surface area contributed by atoms with Gasteiger partial charge in [0.2, 0.25) is 0 Å². The third kappa shape index (κ3) is 4.42. The van der Waals surface area contributed by atoms with Gasteiger partial charge in [-0.1, -0.05) is 127 Å². The molecule has 3 heteroatoms. The van der Waals surface area contributed by atoms with Crippen molar-refractivity contribution in [3.8, 4) is 51.2 Å². The van der Waals surface area contributed by atoms with Crippen molar-refractivity contribution in [3.05, 3.63) is 175 Å². The third-order valence-electron chi connectivity index (χ3n) is 9.66. The van der Waals surface area contributed by atoms with Gasteiger partial charge in [0.1, 0.15) is 6.07 Å². The Morgan fingerprint density at radius 1 is 0.388 bits per heavy atom. The molecule has 1 heterocycles. The highest BCUT2D eigenvalue weighted by atomic mass is 15.0. The highest BCUT2D eigenvalue weighted by Gasteiger charge is 2.21. The number of benzene rings is 8. The van der Waals surface area contributed by atoms with Gasteiger partial charge in [-0.2, -0.15) is 10.5 Å². The van der Waals surface area contributed by atoms with Gasteiger partial charge in [-0.3, -0.25) is 0 Å². The van der Waals surface area contributed by atoms with E-state index in [0.717, 1.165) is 76.9 Å². The molecule has 0 amide bonds. The summed E-state index contributed by atoms with van der Waals surface area (Å²) in [6.07, 6.45) is 0. The first-order chi connectivity index (χ1) is 24.2. The first kappa shape index (κ1) is 28.3. The molecule has 0 aliphatic carbocycles. The number of fused-ring (bicyclic) bond motifs is 5. The van der Waals surface area contributed by atoms with Crippen molar-refractivity contribution in [2.75, 3.05) is 0 Å². The van der Waals surface area contributed by atoms with Crippen molar-refractivity contribution in [1.29, 1.82) is 10.5 Å². The van der Waals surface area contributed by atoms with Crippen molar-refractivity contribution < 1.29 is 0 Å². The lowest BCUT2D eigenvalue weighted by Gasteiger charge is -2.20. The van der Waals surface area contributed by atoms with Gasteiger partial charge in [0.15, 0.2) is 0 Å². The Morgan fingerprint density at radius 3 is 1.49 bits per heavy atom. The summed E-state index contributed by atoms with van der Waals surface area (Å²) in [6, 6.07) is 61.3. The lowest BCUT2D eigenvalue weighted by Crippen LogP contribution is -1.99. The number of para-hydroxylation sites is 2. The molecule has 0 spiro atoms. The van der Waals surface area contributed by atoms with Crippen LogP contribution in [-0.4, -0.2) is 4.57 Å². The maximum atomic E-state index is 10.4. The van der Waals surface area contributed by atoms with Gasteiger partial charge >= 0.3 is 0 Å². The van der Waals surface area contributed by atoms with Crippen LogP contribution in [0.15, 0.2) is 164 Å². The molecule has 0 saturated carbocycles. The zero-order chi connectivity index (χ0) is 32.9. The predicted octanol–water partition coefficient (Wildman–Crippen LogP) is 11.8. The van der Waals surface area contributed by atoms with Crippen LogP contribution in [0.2, 0.25) is 0 Å². The van der Waals surface area contributed by atoms with Gasteiger partial charge < -0.3 is 4.57 Å². The molecule has 49 heavy (non-hydrogen) atoms. The van der Waals surface area contributed by atoms with Crippen LogP contribution < -0.4 is 0 Å². The number of aromatic nitrogens is 1. The Bertz CT molecular complexity index is 2740. The van der Waals surface area contributed by atoms with Crippen LogP contribution in [-0.2, 0) is 0 Å². The molecule has 0 bridgehead atoms. The first-order valence-corrected chi connectivity index (χ1v) is 16.3. The van der Waals surface area contributed by atoms with Gasteiger partial charge in [0, 0.05) is 10.8 Å². The van der Waals surface area contributed by atoms with E-state index in [4.69, 9.17) is 0 Å². The quantitative estimate of drug-likeness (QED) is 0.184. The molecule has 1 aromatic heterocycles. The van der Waals surface area contributed by atoms with E-state index in [1.807, 2.05) is 42.5 Å². The van der Waals surface area contributed by atoms with Crippen molar-refractivity contribution in [1.82, 2.24) is 4.57 Å². The van der Waals surface area contributed by atoms with Crippen LogP contribution in [0.25, 0.3) is 82.4 Å². The van der Waals surface area contributed by atoms with E-state index in [1.165, 1.54) is 5.56 Å². The Kier molecular flexibility index (Phi) is 6.58. The van der Waals surface area contributed by atoms with Crippen LogP contribution in [0.5, 0.6) is 0 Å². The minimum atomic E-state index is 0.591. The molecule has 9 rings (SSSR count). The van der Waals surface area contributed by atoms with Crippen LogP contribution in [0.4, 0.5) is 0 Å². The topological polar surface area (TPSA) is 52.5 Å². The van der Waals surface area contributed by atoms with E-state index in [2.05, 4.69) is 138 Å². The fraction of sp³-hybridized carbons (Fsp3) is 0. The summed E-state index contributed by atoms with van der Waals surface area (Å²) in [6.45, 7) is 0. The van der Waals surface area contributed by atoms with Crippen molar-refractivity contribution in [2.45, 2.75) is 0 Å². The predicted molar refractivity (Wildman–Crippen MR) is 202 cm³/mol. The van der Waals surface area contributed by atoms with E-state index < -0.39 is 0 Å². The Morgan fingerprint density at radius 2 is 0.918 bits per heavy atom. The zero-order valence-corrected chi connectivity index (χ0v) is 26.4. The second-order valence-electron chi connectivity index (χ2n) is 12.3. The average molecular weight is 622 g/mol. The Hall–Kier alpha value is -6.94. The highest BCUT2D eigenvalue weighted by Crippen LogP contribution is 2.46. The fourth-order valence-electron chi connectivity index (χ4n) is 7.57. The molecular formula is C46H27N3. The van der Waals surface area contributed by atoms with E-state index in [1.54, 1.807) is 0 Å². The number of nitriles is 2. The minimum absolute atomic E-state index is 0.591. The molecule has 8 aromatic carbocycles. The molecule has 3 nitrogen and oxygen atoms in total. The summed E-state index contributed by atoms with van der Waals surface area (Å²) >= 11 is 0. The van der Waals surface area contributed by atoms with Crippen molar-refractivity contribution >= 4 is 43.4 Å². The number of nitrogens with zero attached hydrogens (tertiary/aromatic N) is 3. The smallest absolute Gasteiger partial charge is 0.101 e. The molecule has 0 aliphatic rings. The number of hydrogen-bond donors (Lipinski definition) is 0. The molecule has 0 aliphatic heterocycles. The normalized spacial score (nSPS) is 11.2. The monoisotopic (exact) mass is 621 g/mol.